The van der Waals surface area contributed by atoms with Crippen LogP contribution in [0.1, 0.15) is 0 Å². The van der Waals surface area contributed by atoms with Crippen molar-refractivity contribution < 1.29 is 0 Å². The van der Waals surface area contributed by atoms with E-state index >= 15 is 0 Å². The highest BCUT2D eigenvalue weighted by Gasteiger charge is 2.21. The van der Waals surface area contributed by atoms with Crippen molar-refractivity contribution in [3.8, 4) is 51.0 Å². The third-order valence-corrected chi connectivity index (χ3v) is 10.8. The lowest BCUT2D eigenvalue weighted by Crippen LogP contribution is -2.02. The quantitative estimate of drug-likeness (QED) is 0.179. The summed E-state index contributed by atoms with van der Waals surface area (Å²) >= 11 is 0. The van der Waals surface area contributed by atoms with Crippen molar-refractivity contribution in [1.29, 1.82) is 0 Å². The van der Waals surface area contributed by atoms with Crippen molar-refractivity contribution >= 4 is 54.1 Å². The molecule has 0 saturated heterocycles. The zero-order chi connectivity index (χ0) is 36.3. The molecule has 4 nitrogen and oxygen atoms in total. The van der Waals surface area contributed by atoms with Crippen LogP contribution in [-0.2, 0) is 0 Å². The van der Waals surface area contributed by atoms with Gasteiger partial charge in [0.25, 0.3) is 0 Å². The van der Waals surface area contributed by atoms with Crippen LogP contribution in [0.25, 0.3) is 105 Å². The molecule has 256 valence electrons. The molecule has 11 rings (SSSR count). The van der Waals surface area contributed by atoms with E-state index in [9.17, 15) is 0 Å². The summed E-state index contributed by atoms with van der Waals surface area (Å²) in [5.74, 6) is 1.90. The van der Waals surface area contributed by atoms with Crippen molar-refractivity contribution in [3.05, 3.63) is 194 Å². The second kappa shape index (κ2) is 12.6. The van der Waals surface area contributed by atoms with E-state index in [2.05, 4.69) is 162 Å². The van der Waals surface area contributed by atoms with Gasteiger partial charge in [-0.15, -0.1) is 0 Å². The van der Waals surface area contributed by atoms with E-state index in [1.54, 1.807) is 0 Å². The second-order valence-electron chi connectivity index (χ2n) is 14.0. The number of benzene rings is 9. The van der Waals surface area contributed by atoms with E-state index in [0.717, 1.165) is 33.5 Å². The highest BCUT2D eigenvalue weighted by atomic mass is 15.0. The molecule has 4 heteroatoms. The summed E-state index contributed by atoms with van der Waals surface area (Å²) in [6.07, 6.45) is 0. The van der Waals surface area contributed by atoms with E-state index < -0.39 is 0 Å². The first-order valence-corrected chi connectivity index (χ1v) is 18.6. The molecule has 0 fully saturated rings. The van der Waals surface area contributed by atoms with Gasteiger partial charge >= 0.3 is 0 Å². The lowest BCUT2D eigenvalue weighted by molar-refractivity contribution is 1.07. The first-order chi connectivity index (χ1) is 27.3. The van der Waals surface area contributed by atoms with Gasteiger partial charge in [-0.1, -0.05) is 158 Å². The van der Waals surface area contributed by atoms with Gasteiger partial charge < -0.3 is 4.57 Å². The highest BCUT2D eigenvalue weighted by Crippen LogP contribution is 2.42. The lowest BCUT2D eigenvalue weighted by atomic mass is 9.93. The third-order valence-electron chi connectivity index (χ3n) is 10.8. The summed E-state index contributed by atoms with van der Waals surface area (Å²) in [5, 5.41) is 9.75. The van der Waals surface area contributed by atoms with Gasteiger partial charge in [-0.25, -0.2) is 15.0 Å². The summed E-state index contributed by atoms with van der Waals surface area (Å²) in [6, 6.07) is 68.8. The van der Waals surface area contributed by atoms with Crippen molar-refractivity contribution in [2.45, 2.75) is 0 Å². The molecule has 0 aliphatic heterocycles. The maximum Gasteiger partial charge on any atom is 0.164 e. The maximum atomic E-state index is 5.20. The minimum absolute atomic E-state index is 0.626. The predicted octanol–water partition coefficient (Wildman–Crippen LogP) is 13.1. The van der Waals surface area contributed by atoms with Gasteiger partial charge in [-0.2, -0.15) is 0 Å². The van der Waals surface area contributed by atoms with E-state index in [1.165, 1.54) is 54.1 Å². The van der Waals surface area contributed by atoms with E-state index in [4.69, 9.17) is 15.0 Å². The van der Waals surface area contributed by atoms with E-state index in [1.807, 2.05) is 36.4 Å². The number of hydrogen-bond donors (Lipinski definition) is 0. The zero-order valence-electron chi connectivity index (χ0n) is 29.8. The Bertz CT molecular complexity index is 3190. The fourth-order valence-electron chi connectivity index (χ4n) is 8.23. The molecule has 0 unspecified atom stereocenters. The molecular formula is C51H32N4. The Kier molecular flexibility index (Phi) is 7.14. The summed E-state index contributed by atoms with van der Waals surface area (Å²) in [6.45, 7) is 0. The van der Waals surface area contributed by atoms with Crippen LogP contribution in [0.2, 0.25) is 0 Å². The Balaban J connectivity index is 1.23. The van der Waals surface area contributed by atoms with Crippen molar-refractivity contribution in [2.24, 2.45) is 0 Å². The molecule has 2 aromatic heterocycles. The van der Waals surface area contributed by atoms with Gasteiger partial charge in [0.05, 0.1) is 11.0 Å². The SMILES string of the molecule is c1ccc(-c2nc(-c3ccccc3)nc(-c3ccc(-n4c5cc6ccccc6cc5c5c6ccccc6ccc54)cc3-c3cccc4ccccc34)n2)cc1. The van der Waals surface area contributed by atoms with Crippen LogP contribution >= 0.6 is 0 Å². The Labute approximate surface area is 317 Å². The molecule has 55 heavy (non-hydrogen) atoms. The average Bonchev–Trinajstić information content (AvgIpc) is 3.59. The molecule has 2 heterocycles. The number of nitrogens with zero attached hydrogens (tertiary/aromatic N) is 4. The predicted molar refractivity (Wildman–Crippen MR) is 228 cm³/mol. The third kappa shape index (κ3) is 5.19. The van der Waals surface area contributed by atoms with Gasteiger partial charge in [0.15, 0.2) is 17.5 Å². The van der Waals surface area contributed by atoms with Crippen LogP contribution in [0.5, 0.6) is 0 Å². The summed E-state index contributed by atoms with van der Waals surface area (Å²) in [4.78, 5) is 15.4. The van der Waals surface area contributed by atoms with Crippen LogP contribution in [0.4, 0.5) is 0 Å². The molecule has 9 aromatic carbocycles. The van der Waals surface area contributed by atoms with Crippen molar-refractivity contribution in [3.63, 3.8) is 0 Å². The normalized spacial score (nSPS) is 11.6. The molecule has 0 amide bonds. The van der Waals surface area contributed by atoms with Gasteiger partial charge in [-0.3, -0.25) is 0 Å². The van der Waals surface area contributed by atoms with Crippen LogP contribution in [-0.4, -0.2) is 19.5 Å². The number of rotatable bonds is 5. The maximum absolute atomic E-state index is 5.20. The van der Waals surface area contributed by atoms with E-state index in [-0.39, 0.29) is 0 Å². The number of aromatic nitrogens is 4. The molecule has 0 N–H and O–H groups in total. The lowest BCUT2D eigenvalue weighted by Gasteiger charge is -2.17. The largest absolute Gasteiger partial charge is 0.309 e. The van der Waals surface area contributed by atoms with Crippen molar-refractivity contribution in [1.82, 2.24) is 19.5 Å². The molecule has 0 spiro atoms. The number of hydrogen-bond acceptors (Lipinski definition) is 3. The smallest absolute Gasteiger partial charge is 0.164 e. The summed E-state index contributed by atoms with van der Waals surface area (Å²) < 4.78 is 2.43. The van der Waals surface area contributed by atoms with E-state index in [0.29, 0.717) is 17.5 Å². The van der Waals surface area contributed by atoms with Crippen LogP contribution in [0, 0.1) is 0 Å². The summed E-state index contributed by atoms with van der Waals surface area (Å²) in [7, 11) is 0. The first-order valence-electron chi connectivity index (χ1n) is 18.6. The Morgan fingerprint density at radius 1 is 0.309 bits per heavy atom. The minimum atomic E-state index is 0.626. The zero-order valence-corrected chi connectivity index (χ0v) is 29.8. The van der Waals surface area contributed by atoms with Gasteiger partial charge in [0.1, 0.15) is 0 Å². The standard InChI is InChI=1S/C51H32N4/c1-3-16-35(17-4-1)49-52-50(36-18-5-2-6-19-36)54-51(53-49)43-28-27-39(32-44(43)42-25-13-22-33-14-9-11-23-40(33)42)55-46-29-26-34-15-10-12-24-41(34)48(46)45-30-37-20-7-8-21-38(37)31-47(45)55/h1-32H. The minimum Gasteiger partial charge on any atom is -0.309 e. The van der Waals surface area contributed by atoms with Crippen LogP contribution < -0.4 is 0 Å². The fourth-order valence-corrected chi connectivity index (χ4v) is 8.23. The Hall–Kier alpha value is -7.43. The van der Waals surface area contributed by atoms with Crippen LogP contribution in [0.15, 0.2) is 194 Å². The van der Waals surface area contributed by atoms with Gasteiger partial charge in [-0.05, 0) is 79.8 Å². The highest BCUT2D eigenvalue weighted by molar-refractivity contribution is 6.23. The molecule has 0 bridgehead atoms. The molecule has 0 radical (unpaired) electrons. The Morgan fingerprint density at radius 3 is 1.58 bits per heavy atom. The monoisotopic (exact) mass is 700 g/mol. The Morgan fingerprint density at radius 2 is 0.873 bits per heavy atom. The summed E-state index contributed by atoms with van der Waals surface area (Å²) in [5.41, 5.74) is 8.39. The average molecular weight is 701 g/mol. The number of fused-ring (bicyclic) bond motifs is 7. The van der Waals surface area contributed by atoms with Gasteiger partial charge in [0, 0.05) is 33.2 Å². The van der Waals surface area contributed by atoms with Crippen molar-refractivity contribution in [2.75, 3.05) is 0 Å². The molecule has 0 atom stereocenters. The molecular weight excluding hydrogens is 669 g/mol. The van der Waals surface area contributed by atoms with Crippen LogP contribution in [0.3, 0.4) is 0 Å². The fraction of sp³-hybridized carbons (Fsp3) is 0. The van der Waals surface area contributed by atoms with Gasteiger partial charge in [0.2, 0.25) is 0 Å². The first kappa shape index (κ1) is 31.1. The molecule has 0 aliphatic rings. The molecule has 0 saturated carbocycles. The molecule has 11 aromatic rings. The molecule has 0 aliphatic carbocycles. The second-order valence-corrected chi connectivity index (χ2v) is 14.0. The topological polar surface area (TPSA) is 43.6 Å².